The van der Waals surface area contributed by atoms with Crippen LogP contribution in [0.3, 0.4) is 0 Å². The molecule has 0 N–H and O–H groups in total. The summed E-state index contributed by atoms with van der Waals surface area (Å²) in [6.45, 7) is 4.48. The highest BCUT2D eigenvalue weighted by atomic mass is 14.2. The summed E-state index contributed by atoms with van der Waals surface area (Å²) in [5, 5.41) is 0. The molecule has 2 radical (unpaired) electrons. The zero-order valence-corrected chi connectivity index (χ0v) is 5.07. The van der Waals surface area contributed by atoms with Crippen LogP contribution in [0.1, 0.15) is 26.7 Å². The van der Waals surface area contributed by atoms with E-state index in [1.54, 1.807) is 0 Å². The molecule has 0 bridgehead atoms. The molecule has 0 heterocycles. The fraction of sp³-hybridized carbons (Fsp3) is 0.857. The summed E-state index contributed by atoms with van der Waals surface area (Å²) in [4.78, 5) is 0. The molecule has 0 amide bonds. The maximum Gasteiger partial charge on any atom is -0.0112 e. The topological polar surface area (TPSA) is 0 Å². The van der Waals surface area contributed by atoms with Gasteiger partial charge in [-0.1, -0.05) is 13.8 Å². The second-order valence-corrected chi connectivity index (χ2v) is 2.55. The normalized spacial score (nSPS) is 42.0. The molecule has 40 valence electrons. The van der Waals surface area contributed by atoms with Crippen molar-refractivity contribution in [1.29, 1.82) is 0 Å². The zero-order chi connectivity index (χ0) is 5.28. The molecule has 0 heteroatoms. The number of hydrogen-bond acceptors (Lipinski definition) is 0. The molecule has 1 saturated carbocycles. The summed E-state index contributed by atoms with van der Waals surface area (Å²) >= 11 is 0. The van der Waals surface area contributed by atoms with Crippen molar-refractivity contribution in [3.8, 4) is 0 Å². The lowest BCUT2D eigenvalue weighted by molar-refractivity contribution is 0.677. The van der Waals surface area contributed by atoms with Gasteiger partial charge in [0.15, 0.2) is 0 Å². The maximum absolute atomic E-state index is 3.42. The van der Waals surface area contributed by atoms with Crippen LogP contribution in [0.2, 0.25) is 0 Å². The van der Waals surface area contributed by atoms with E-state index in [4.69, 9.17) is 0 Å². The Bertz CT molecular complexity index is 49.1. The third-order valence-corrected chi connectivity index (χ3v) is 1.60. The first-order valence-corrected chi connectivity index (χ1v) is 3.05. The Balaban J connectivity index is 2.26. The van der Waals surface area contributed by atoms with Gasteiger partial charge in [-0.2, -0.15) is 0 Å². The van der Waals surface area contributed by atoms with Crippen LogP contribution < -0.4 is 0 Å². The lowest BCUT2D eigenvalue weighted by Gasteiger charge is -1.95. The number of rotatable bonds is 0. The zero-order valence-electron chi connectivity index (χ0n) is 5.07. The fourth-order valence-electron chi connectivity index (χ4n) is 1.15. The molecule has 2 atom stereocenters. The average Bonchev–Trinajstić information content (AvgIpc) is 1.87. The fourth-order valence-corrected chi connectivity index (χ4v) is 1.15. The van der Waals surface area contributed by atoms with Crippen LogP contribution in [0, 0.1) is 18.3 Å². The van der Waals surface area contributed by atoms with Gasteiger partial charge in [0.1, 0.15) is 0 Å². The minimum atomic E-state index is 0.773. The summed E-state index contributed by atoms with van der Waals surface area (Å²) < 4.78 is 0. The Morgan fingerprint density at radius 3 is 1.71 bits per heavy atom. The van der Waals surface area contributed by atoms with Gasteiger partial charge in [-0.25, -0.2) is 0 Å². The van der Waals surface area contributed by atoms with Crippen LogP contribution in [0.15, 0.2) is 0 Å². The third kappa shape index (κ3) is 1.19. The minimum absolute atomic E-state index is 0.773. The molecule has 2 unspecified atom stereocenters. The molecule has 0 aromatic carbocycles. The van der Waals surface area contributed by atoms with Gasteiger partial charge in [-0.05, 0) is 31.1 Å². The Kier molecular flexibility index (Phi) is 1.36. The predicted molar refractivity (Wildman–Crippen MR) is 30.8 cm³/mol. The molecule has 1 aliphatic carbocycles. The second kappa shape index (κ2) is 1.85. The first kappa shape index (κ1) is 5.14. The summed E-state index contributed by atoms with van der Waals surface area (Å²) in [5.41, 5.74) is 0. The van der Waals surface area contributed by atoms with Crippen molar-refractivity contribution in [2.45, 2.75) is 26.7 Å². The first-order valence-electron chi connectivity index (χ1n) is 3.05. The molecule has 0 aliphatic heterocycles. The van der Waals surface area contributed by atoms with Crippen molar-refractivity contribution < 1.29 is 0 Å². The lowest BCUT2D eigenvalue weighted by atomic mass is 10.1. The molecule has 1 fully saturated rings. The highest BCUT2D eigenvalue weighted by Crippen LogP contribution is 2.27. The van der Waals surface area contributed by atoms with Gasteiger partial charge in [0.2, 0.25) is 0 Å². The quantitative estimate of drug-likeness (QED) is 0.433. The largest absolute Gasteiger partial charge is 0.0619 e. The van der Waals surface area contributed by atoms with Gasteiger partial charge in [-0.15, -0.1) is 0 Å². The molecule has 1 aliphatic rings. The van der Waals surface area contributed by atoms with Gasteiger partial charge in [-0.3, -0.25) is 0 Å². The lowest BCUT2D eigenvalue weighted by Crippen LogP contribution is -1.86. The SMILES string of the molecule is CC1[C]C(C)CC1. The molecule has 1 rings (SSSR count). The van der Waals surface area contributed by atoms with E-state index in [-0.39, 0.29) is 0 Å². The van der Waals surface area contributed by atoms with Crippen molar-refractivity contribution in [2.75, 3.05) is 0 Å². The van der Waals surface area contributed by atoms with Crippen molar-refractivity contribution in [3.05, 3.63) is 6.42 Å². The van der Waals surface area contributed by atoms with E-state index in [1.807, 2.05) is 0 Å². The Labute approximate surface area is 45.9 Å². The first-order chi connectivity index (χ1) is 3.29. The smallest absolute Gasteiger partial charge is 0.0112 e. The molecule has 0 saturated heterocycles. The van der Waals surface area contributed by atoms with Crippen LogP contribution in [0.5, 0.6) is 0 Å². The molecule has 7 heavy (non-hydrogen) atoms. The monoisotopic (exact) mass is 96.1 g/mol. The van der Waals surface area contributed by atoms with Gasteiger partial charge in [0, 0.05) is 0 Å². The van der Waals surface area contributed by atoms with Crippen LogP contribution >= 0.6 is 0 Å². The van der Waals surface area contributed by atoms with Crippen LogP contribution in [0.25, 0.3) is 0 Å². The Morgan fingerprint density at radius 1 is 1.14 bits per heavy atom. The van der Waals surface area contributed by atoms with Crippen molar-refractivity contribution in [3.63, 3.8) is 0 Å². The summed E-state index contributed by atoms with van der Waals surface area (Å²) in [5.74, 6) is 1.55. The van der Waals surface area contributed by atoms with Crippen LogP contribution in [-0.4, -0.2) is 0 Å². The van der Waals surface area contributed by atoms with Gasteiger partial charge in [0.25, 0.3) is 0 Å². The minimum Gasteiger partial charge on any atom is -0.0619 e. The number of hydrogen-bond donors (Lipinski definition) is 0. The van der Waals surface area contributed by atoms with E-state index < -0.39 is 0 Å². The molecular weight excluding hydrogens is 84.1 g/mol. The molecular formula is C7H12. The van der Waals surface area contributed by atoms with Gasteiger partial charge >= 0.3 is 0 Å². The molecule has 0 spiro atoms. The second-order valence-electron chi connectivity index (χ2n) is 2.55. The summed E-state index contributed by atoms with van der Waals surface area (Å²) in [7, 11) is 0. The van der Waals surface area contributed by atoms with Crippen LogP contribution in [0.4, 0.5) is 0 Å². The van der Waals surface area contributed by atoms with E-state index in [0.717, 1.165) is 11.8 Å². The van der Waals surface area contributed by atoms with E-state index in [0.29, 0.717) is 0 Å². The van der Waals surface area contributed by atoms with Crippen LogP contribution in [-0.2, 0) is 0 Å². The average molecular weight is 96.2 g/mol. The van der Waals surface area contributed by atoms with E-state index >= 15 is 0 Å². The predicted octanol–water partition coefficient (Wildman–Crippen LogP) is 2.13. The molecule has 0 aromatic heterocycles. The van der Waals surface area contributed by atoms with E-state index in [2.05, 4.69) is 20.3 Å². The molecule has 0 aromatic rings. The summed E-state index contributed by atoms with van der Waals surface area (Å²) in [6.07, 6.45) is 6.14. The van der Waals surface area contributed by atoms with E-state index in [9.17, 15) is 0 Å². The van der Waals surface area contributed by atoms with E-state index in [1.165, 1.54) is 12.8 Å². The Hall–Kier alpha value is 0. The van der Waals surface area contributed by atoms with Gasteiger partial charge < -0.3 is 0 Å². The van der Waals surface area contributed by atoms with Gasteiger partial charge in [0.05, 0.1) is 0 Å². The van der Waals surface area contributed by atoms with Crippen molar-refractivity contribution in [2.24, 2.45) is 11.8 Å². The summed E-state index contributed by atoms with van der Waals surface area (Å²) in [6, 6.07) is 0. The highest BCUT2D eigenvalue weighted by Gasteiger charge is 2.16. The van der Waals surface area contributed by atoms with Crippen molar-refractivity contribution >= 4 is 0 Å². The maximum atomic E-state index is 3.42. The Morgan fingerprint density at radius 2 is 1.57 bits per heavy atom. The van der Waals surface area contributed by atoms with Crippen molar-refractivity contribution in [1.82, 2.24) is 0 Å². The third-order valence-electron chi connectivity index (χ3n) is 1.60. The standard InChI is InChI=1S/C7H12/c1-6-3-4-7(2)5-6/h6-7H,3-4H2,1-2H3. The highest BCUT2D eigenvalue weighted by molar-refractivity contribution is 4.85. The molecule has 0 nitrogen and oxygen atoms in total.